The summed E-state index contributed by atoms with van der Waals surface area (Å²) in [6.45, 7) is 2.52. The number of anilines is 2. The molecule has 1 saturated heterocycles. The lowest BCUT2D eigenvalue weighted by atomic mass is 9.98. The zero-order chi connectivity index (χ0) is 18.4. The van der Waals surface area contributed by atoms with Crippen LogP contribution in [0.1, 0.15) is 12.8 Å². The van der Waals surface area contributed by atoms with Crippen LogP contribution in [0.25, 0.3) is 0 Å². The fraction of sp³-hybridized carbons (Fsp3) is 0.389. The van der Waals surface area contributed by atoms with E-state index in [1.807, 2.05) is 12.1 Å². The van der Waals surface area contributed by atoms with Crippen LogP contribution >= 0.6 is 35.6 Å². The maximum atomic E-state index is 6.12. The van der Waals surface area contributed by atoms with Crippen LogP contribution in [-0.2, 0) is 0 Å². The Balaban J connectivity index is 0.00000261. The van der Waals surface area contributed by atoms with E-state index >= 15 is 0 Å². The van der Waals surface area contributed by atoms with Crippen LogP contribution in [0.2, 0.25) is 5.02 Å². The largest absolute Gasteiger partial charge is 0.495 e. The molecule has 0 spiro atoms. The summed E-state index contributed by atoms with van der Waals surface area (Å²) in [6.07, 6.45) is 5.76. The number of halogens is 2. The molecule has 146 valence electrons. The second-order valence-electron chi connectivity index (χ2n) is 6.20. The van der Waals surface area contributed by atoms with E-state index in [1.54, 1.807) is 31.6 Å². The summed E-state index contributed by atoms with van der Waals surface area (Å²) < 4.78 is 5.14. The van der Waals surface area contributed by atoms with Gasteiger partial charge in [-0.25, -0.2) is 9.97 Å². The minimum atomic E-state index is 0. The number of nitrogens with one attached hydrogen (secondary N) is 1. The maximum Gasteiger partial charge on any atom is 0.225 e. The zero-order valence-corrected chi connectivity index (χ0v) is 18.2. The normalized spacial score (nSPS) is 17.2. The average Bonchev–Trinajstić information content (AvgIpc) is 2.67. The molecule has 1 unspecified atom stereocenters. The Morgan fingerprint density at radius 1 is 1.41 bits per heavy atom. The van der Waals surface area contributed by atoms with Crippen LogP contribution in [0.15, 0.2) is 41.7 Å². The molecule has 0 radical (unpaired) electrons. The van der Waals surface area contributed by atoms with Gasteiger partial charge in [0.05, 0.1) is 12.1 Å². The molecule has 1 fully saturated rings. The number of guanidine groups is 1. The third-order valence-electron chi connectivity index (χ3n) is 4.30. The second kappa shape index (κ2) is 10.5. The Bertz CT molecular complexity index is 761. The third kappa shape index (κ3) is 6.10. The monoisotopic (exact) mass is 502 g/mol. The van der Waals surface area contributed by atoms with Gasteiger partial charge in [0.2, 0.25) is 5.95 Å². The van der Waals surface area contributed by atoms with E-state index < -0.39 is 0 Å². The van der Waals surface area contributed by atoms with Gasteiger partial charge in [-0.2, -0.15) is 0 Å². The first-order chi connectivity index (χ1) is 12.7. The minimum absolute atomic E-state index is 0. The summed E-state index contributed by atoms with van der Waals surface area (Å²) in [5.41, 5.74) is 6.79. The number of methoxy groups -OCH3 is 1. The van der Waals surface area contributed by atoms with Gasteiger partial charge in [0.25, 0.3) is 0 Å². The lowest BCUT2D eigenvalue weighted by Crippen LogP contribution is -2.38. The predicted octanol–water partition coefficient (Wildman–Crippen LogP) is 3.40. The zero-order valence-electron chi connectivity index (χ0n) is 15.1. The van der Waals surface area contributed by atoms with Crippen LogP contribution in [-0.4, -0.2) is 42.7 Å². The average molecular weight is 503 g/mol. The van der Waals surface area contributed by atoms with Gasteiger partial charge in [-0.05, 0) is 43.0 Å². The lowest BCUT2D eigenvalue weighted by Gasteiger charge is -2.31. The summed E-state index contributed by atoms with van der Waals surface area (Å²) in [4.78, 5) is 15.3. The van der Waals surface area contributed by atoms with Crippen molar-refractivity contribution in [3.05, 3.63) is 41.7 Å². The number of nitrogens with two attached hydrogens (primary N) is 1. The van der Waals surface area contributed by atoms with E-state index in [2.05, 4.69) is 25.2 Å². The number of piperidine rings is 1. The van der Waals surface area contributed by atoms with E-state index in [1.165, 1.54) is 0 Å². The summed E-state index contributed by atoms with van der Waals surface area (Å²) in [5.74, 6) is 2.20. The summed E-state index contributed by atoms with van der Waals surface area (Å²) in [5, 5.41) is 3.59. The van der Waals surface area contributed by atoms with Crippen molar-refractivity contribution in [1.82, 2.24) is 9.97 Å². The highest BCUT2D eigenvalue weighted by Crippen LogP contribution is 2.27. The number of hydrogen-bond acceptors (Lipinski definition) is 5. The molecule has 1 aromatic carbocycles. The van der Waals surface area contributed by atoms with Crippen LogP contribution in [0.3, 0.4) is 0 Å². The van der Waals surface area contributed by atoms with E-state index in [0.717, 1.165) is 37.6 Å². The predicted molar refractivity (Wildman–Crippen MR) is 121 cm³/mol. The van der Waals surface area contributed by atoms with Crippen LogP contribution in [0, 0.1) is 5.92 Å². The van der Waals surface area contributed by atoms with Crippen molar-refractivity contribution >= 4 is 53.2 Å². The van der Waals surface area contributed by atoms with E-state index in [4.69, 9.17) is 22.1 Å². The van der Waals surface area contributed by atoms with Crippen LogP contribution in [0.4, 0.5) is 11.6 Å². The minimum Gasteiger partial charge on any atom is -0.495 e. The molecule has 9 heteroatoms. The second-order valence-corrected chi connectivity index (χ2v) is 6.61. The molecule has 0 saturated carbocycles. The van der Waals surface area contributed by atoms with Crippen molar-refractivity contribution in [1.29, 1.82) is 0 Å². The quantitative estimate of drug-likeness (QED) is 0.370. The Hall–Kier alpha value is -1.81. The summed E-state index contributed by atoms with van der Waals surface area (Å²) in [7, 11) is 1.58. The van der Waals surface area contributed by atoms with Crippen molar-refractivity contribution in [2.24, 2.45) is 16.6 Å². The molecule has 3 N–H and O–H groups in total. The summed E-state index contributed by atoms with van der Waals surface area (Å²) in [6, 6.07) is 7.23. The molecule has 0 bridgehead atoms. The fourth-order valence-corrected chi connectivity index (χ4v) is 3.27. The number of aromatic nitrogens is 2. The summed E-state index contributed by atoms with van der Waals surface area (Å²) >= 11 is 6.12. The highest BCUT2D eigenvalue weighted by Gasteiger charge is 2.21. The van der Waals surface area contributed by atoms with Crippen LogP contribution in [0.5, 0.6) is 5.75 Å². The van der Waals surface area contributed by atoms with Crippen molar-refractivity contribution in [2.75, 3.05) is 37.0 Å². The molecule has 0 amide bonds. The highest BCUT2D eigenvalue weighted by atomic mass is 127. The Morgan fingerprint density at radius 2 is 2.19 bits per heavy atom. The van der Waals surface area contributed by atoms with Gasteiger partial charge in [-0.15, -0.1) is 24.0 Å². The molecule has 1 aliphatic rings. The SMILES string of the molecule is COc1ccc(NC(N)=NCC2CCCN(c3ncccn3)C2)cc1Cl.I. The molecule has 1 aromatic heterocycles. The first-order valence-corrected chi connectivity index (χ1v) is 8.96. The Labute approximate surface area is 181 Å². The molecule has 1 atom stereocenters. The molecular formula is C18H24ClIN6O. The van der Waals surface area contributed by atoms with Gasteiger partial charge in [0.1, 0.15) is 5.75 Å². The highest BCUT2D eigenvalue weighted by molar-refractivity contribution is 14.0. The van der Waals surface area contributed by atoms with Gasteiger partial charge < -0.3 is 20.7 Å². The van der Waals surface area contributed by atoms with Gasteiger partial charge in [0, 0.05) is 37.7 Å². The fourth-order valence-electron chi connectivity index (χ4n) is 3.01. The number of hydrogen-bond donors (Lipinski definition) is 2. The van der Waals surface area contributed by atoms with Gasteiger partial charge in [-0.3, -0.25) is 4.99 Å². The topological polar surface area (TPSA) is 88.7 Å². The van der Waals surface area contributed by atoms with E-state index in [-0.39, 0.29) is 24.0 Å². The molecule has 7 nitrogen and oxygen atoms in total. The standard InChI is InChI=1S/C18H23ClN6O.HI/c1-26-16-6-5-14(10-15(16)19)24-17(20)23-11-13-4-2-9-25(12-13)18-21-7-3-8-22-18;/h3,5-8,10,13H,2,4,9,11-12H2,1H3,(H3,20,23,24);1H. The molecule has 3 rings (SSSR count). The lowest BCUT2D eigenvalue weighted by molar-refractivity contribution is 0.415. The smallest absolute Gasteiger partial charge is 0.225 e. The third-order valence-corrected chi connectivity index (χ3v) is 4.59. The molecular weight excluding hydrogens is 479 g/mol. The van der Waals surface area contributed by atoms with Gasteiger partial charge >= 0.3 is 0 Å². The van der Waals surface area contributed by atoms with Gasteiger partial charge in [-0.1, -0.05) is 11.6 Å². The van der Waals surface area contributed by atoms with Crippen LogP contribution < -0.4 is 20.7 Å². The number of nitrogens with zero attached hydrogens (tertiary/aromatic N) is 4. The molecule has 2 heterocycles. The van der Waals surface area contributed by atoms with Gasteiger partial charge in [0.15, 0.2) is 5.96 Å². The van der Waals surface area contributed by atoms with Crippen molar-refractivity contribution < 1.29 is 4.74 Å². The molecule has 27 heavy (non-hydrogen) atoms. The Morgan fingerprint density at radius 3 is 2.89 bits per heavy atom. The van der Waals surface area contributed by atoms with Crippen molar-refractivity contribution in [3.63, 3.8) is 0 Å². The number of ether oxygens (including phenoxy) is 1. The Kier molecular flexibility index (Phi) is 8.36. The molecule has 2 aromatic rings. The first kappa shape index (κ1) is 21.5. The first-order valence-electron chi connectivity index (χ1n) is 8.58. The number of rotatable bonds is 5. The van der Waals surface area contributed by atoms with E-state index in [9.17, 15) is 0 Å². The number of benzene rings is 1. The molecule has 1 aliphatic heterocycles. The maximum absolute atomic E-state index is 6.12. The number of aliphatic imine (C=N–C) groups is 1. The van der Waals surface area contributed by atoms with E-state index in [0.29, 0.717) is 29.2 Å². The van der Waals surface area contributed by atoms with Crippen molar-refractivity contribution in [3.8, 4) is 5.75 Å². The van der Waals surface area contributed by atoms with Crippen molar-refractivity contribution in [2.45, 2.75) is 12.8 Å². The molecule has 0 aliphatic carbocycles.